The third-order valence-electron chi connectivity index (χ3n) is 1.66. The fourth-order valence-electron chi connectivity index (χ4n) is 0.860. The molecule has 0 aliphatic heterocycles. The summed E-state index contributed by atoms with van der Waals surface area (Å²) >= 11 is 0. The summed E-state index contributed by atoms with van der Waals surface area (Å²) in [6.45, 7) is 0. The van der Waals surface area contributed by atoms with Crippen LogP contribution in [0.3, 0.4) is 0 Å². The molecule has 1 unspecified atom stereocenters. The molecule has 0 aromatic rings. The SMILES string of the molecule is FC(F)C(F)(F)C(F)C(C(F)(F)F)C(F)(F)F. The van der Waals surface area contributed by atoms with Crippen LogP contribution in [-0.2, 0) is 0 Å². The molecular formula is C6H3F11. The van der Waals surface area contributed by atoms with Crippen LogP contribution < -0.4 is 0 Å². The van der Waals surface area contributed by atoms with Crippen molar-refractivity contribution in [1.29, 1.82) is 0 Å². The van der Waals surface area contributed by atoms with Gasteiger partial charge in [-0.05, 0) is 0 Å². The first kappa shape index (κ1) is 16.2. The number of halogens is 11. The van der Waals surface area contributed by atoms with Gasteiger partial charge >= 0.3 is 24.7 Å². The lowest BCUT2D eigenvalue weighted by atomic mass is 9.97. The van der Waals surface area contributed by atoms with Crippen LogP contribution in [0, 0.1) is 5.92 Å². The van der Waals surface area contributed by atoms with Crippen molar-refractivity contribution in [3.8, 4) is 0 Å². The predicted octanol–water partition coefficient (Wildman–Crippen LogP) is 3.97. The smallest absolute Gasteiger partial charge is 0.240 e. The zero-order chi connectivity index (χ0) is 14.2. The molecule has 11 heteroatoms. The van der Waals surface area contributed by atoms with Gasteiger partial charge in [0, 0.05) is 0 Å². The maximum Gasteiger partial charge on any atom is 0.403 e. The molecule has 0 saturated carbocycles. The molecule has 0 amide bonds. The zero-order valence-electron chi connectivity index (χ0n) is 7.39. The highest BCUT2D eigenvalue weighted by Gasteiger charge is 2.68. The van der Waals surface area contributed by atoms with Crippen LogP contribution in [-0.4, -0.2) is 30.9 Å². The van der Waals surface area contributed by atoms with E-state index in [1.54, 1.807) is 0 Å². The number of rotatable bonds is 3. The van der Waals surface area contributed by atoms with E-state index in [1.165, 1.54) is 0 Å². The summed E-state index contributed by atoms with van der Waals surface area (Å²) in [5, 5.41) is 0. The number of alkyl halides is 11. The van der Waals surface area contributed by atoms with Crippen LogP contribution in [0.5, 0.6) is 0 Å². The quantitative estimate of drug-likeness (QED) is 0.688. The summed E-state index contributed by atoms with van der Waals surface area (Å²) in [6.07, 6.45) is -23.0. The van der Waals surface area contributed by atoms with E-state index in [0.29, 0.717) is 0 Å². The second-order valence-corrected chi connectivity index (χ2v) is 2.94. The van der Waals surface area contributed by atoms with E-state index < -0.39 is 36.8 Å². The Kier molecular flexibility index (Phi) is 4.28. The first-order chi connectivity index (χ1) is 7.22. The van der Waals surface area contributed by atoms with Gasteiger partial charge in [-0.1, -0.05) is 0 Å². The van der Waals surface area contributed by atoms with Gasteiger partial charge in [0.25, 0.3) is 0 Å². The van der Waals surface area contributed by atoms with E-state index in [1.807, 2.05) is 0 Å². The Morgan fingerprint density at radius 2 is 0.882 bits per heavy atom. The minimum Gasteiger partial charge on any atom is -0.240 e. The summed E-state index contributed by atoms with van der Waals surface area (Å²) in [5.41, 5.74) is 0. The Morgan fingerprint density at radius 3 is 1.06 bits per heavy atom. The first-order valence-electron chi connectivity index (χ1n) is 3.65. The summed E-state index contributed by atoms with van der Waals surface area (Å²) < 4.78 is 130. The third kappa shape index (κ3) is 3.60. The number of hydrogen-bond acceptors (Lipinski definition) is 0. The summed E-state index contributed by atoms with van der Waals surface area (Å²) in [7, 11) is 0. The maximum absolute atomic E-state index is 12.4. The van der Waals surface area contributed by atoms with Gasteiger partial charge in [-0.2, -0.15) is 35.1 Å². The molecule has 0 N–H and O–H groups in total. The van der Waals surface area contributed by atoms with Gasteiger partial charge in [0.1, 0.15) is 0 Å². The molecule has 0 aromatic carbocycles. The lowest BCUT2D eigenvalue weighted by Gasteiger charge is -2.30. The van der Waals surface area contributed by atoms with Gasteiger partial charge in [-0.3, -0.25) is 0 Å². The second kappa shape index (κ2) is 4.48. The lowest BCUT2D eigenvalue weighted by Crippen LogP contribution is -2.52. The molecule has 0 fully saturated rings. The van der Waals surface area contributed by atoms with Crippen LogP contribution in [0.4, 0.5) is 48.3 Å². The van der Waals surface area contributed by atoms with Gasteiger partial charge < -0.3 is 0 Å². The van der Waals surface area contributed by atoms with E-state index in [9.17, 15) is 48.3 Å². The largest absolute Gasteiger partial charge is 0.403 e. The van der Waals surface area contributed by atoms with Crippen molar-refractivity contribution in [3.05, 3.63) is 0 Å². The highest BCUT2D eigenvalue weighted by atomic mass is 19.4. The summed E-state index contributed by atoms with van der Waals surface area (Å²) in [6, 6.07) is 0. The lowest BCUT2D eigenvalue weighted by molar-refractivity contribution is -0.326. The van der Waals surface area contributed by atoms with Gasteiger partial charge in [0.05, 0.1) is 0 Å². The van der Waals surface area contributed by atoms with Crippen molar-refractivity contribution < 1.29 is 48.3 Å². The van der Waals surface area contributed by atoms with Crippen LogP contribution in [0.25, 0.3) is 0 Å². The van der Waals surface area contributed by atoms with Crippen molar-refractivity contribution in [1.82, 2.24) is 0 Å². The highest BCUT2D eigenvalue weighted by molar-refractivity contribution is 4.92. The molecule has 1 atom stereocenters. The minimum atomic E-state index is -6.45. The Morgan fingerprint density at radius 1 is 0.588 bits per heavy atom. The molecule has 0 spiro atoms. The monoisotopic (exact) mass is 284 g/mol. The van der Waals surface area contributed by atoms with Crippen molar-refractivity contribution in [3.63, 3.8) is 0 Å². The number of hydrogen-bond donors (Lipinski definition) is 0. The maximum atomic E-state index is 12.4. The highest BCUT2D eigenvalue weighted by Crippen LogP contribution is 2.47. The van der Waals surface area contributed by atoms with E-state index in [0.717, 1.165) is 0 Å². The molecule has 0 saturated heterocycles. The van der Waals surface area contributed by atoms with Gasteiger partial charge in [-0.15, -0.1) is 0 Å². The molecule has 0 radical (unpaired) electrons. The predicted molar refractivity (Wildman–Crippen MR) is 31.4 cm³/mol. The van der Waals surface area contributed by atoms with Crippen molar-refractivity contribution in [2.45, 2.75) is 30.9 Å². The standard InChI is InChI=1S/C6H3F11/c7-2(4(10,11)3(8)9)1(5(12,13)14)6(15,16)17/h1-3H. The van der Waals surface area contributed by atoms with Gasteiger partial charge in [0.15, 0.2) is 12.1 Å². The molecule has 17 heavy (non-hydrogen) atoms. The van der Waals surface area contributed by atoms with Crippen molar-refractivity contribution in [2.24, 2.45) is 5.92 Å². The van der Waals surface area contributed by atoms with E-state index >= 15 is 0 Å². The normalized spacial score (nSPS) is 16.8. The Hall–Kier alpha value is -0.770. The second-order valence-electron chi connectivity index (χ2n) is 2.94. The molecule has 0 heterocycles. The molecule has 0 rings (SSSR count). The van der Waals surface area contributed by atoms with E-state index in [-0.39, 0.29) is 0 Å². The van der Waals surface area contributed by atoms with E-state index in [4.69, 9.17) is 0 Å². The molecule has 104 valence electrons. The van der Waals surface area contributed by atoms with Crippen molar-refractivity contribution in [2.75, 3.05) is 0 Å². The molecule has 0 aromatic heterocycles. The van der Waals surface area contributed by atoms with E-state index in [2.05, 4.69) is 0 Å². The molecule has 0 aliphatic carbocycles. The van der Waals surface area contributed by atoms with Crippen LogP contribution in [0.2, 0.25) is 0 Å². The average molecular weight is 284 g/mol. The van der Waals surface area contributed by atoms with Gasteiger partial charge in [0.2, 0.25) is 0 Å². The van der Waals surface area contributed by atoms with Crippen LogP contribution in [0.1, 0.15) is 0 Å². The fraction of sp³-hybridized carbons (Fsp3) is 1.00. The first-order valence-corrected chi connectivity index (χ1v) is 3.65. The fourth-order valence-corrected chi connectivity index (χ4v) is 0.860. The molecular weight excluding hydrogens is 281 g/mol. The zero-order valence-corrected chi connectivity index (χ0v) is 7.39. The molecule has 0 nitrogen and oxygen atoms in total. The Balaban J connectivity index is 5.38. The van der Waals surface area contributed by atoms with Gasteiger partial charge in [-0.25, -0.2) is 13.2 Å². The molecule has 0 aliphatic rings. The Labute approximate surface area is 86.4 Å². The Bertz CT molecular complexity index is 234. The summed E-state index contributed by atoms with van der Waals surface area (Å²) in [4.78, 5) is 0. The summed E-state index contributed by atoms with van der Waals surface area (Å²) in [5.74, 6) is -11.2. The topological polar surface area (TPSA) is 0 Å². The van der Waals surface area contributed by atoms with Crippen LogP contribution in [0.15, 0.2) is 0 Å². The van der Waals surface area contributed by atoms with Crippen LogP contribution >= 0.6 is 0 Å². The minimum absolute atomic E-state index is 4.98. The average Bonchev–Trinajstić information content (AvgIpc) is 1.97. The van der Waals surface area contributed by atoms with Crippen molar-refractivity contribution >= 4 is 0 Å². The third-order valence-corrected chi connectivity index (χ3v) is 1.66. The molecule has 0 bridgehead atoms.